The van der Waals surface area contributed by atoms with Crippen LogP contribution in [0.3, 0.4) is 0 Å². The van der Waals surface area contributed by atoms with E-state index in [4.69, 9.17) is 10.2 Å². The summed E-state index contributed by atoms with van der Waals surface area (Å²) in [5.74, 6) is 9.97. The van der Waals surface area contributed by atoms with Crippen LogP contribution >= 0.6 is 0 Å². The molecule has 0 bridgehead atoms. The Labute approximate surface area is 128 Å². The summed E-state index contributed by atoms with van der Waals surface area (Å²) in [6, 6.07) is 0. The highest BCUT2D eigenvalue weighted by Gasteiger charge is 1.92. The molecule has 3 nitrogen and oxygen atoms in total. The second kappa shape index (κ2) is 14.9. The minimum absolute atomic E-state index is 0.290. The normalized spacial score (nSPS) is 12.9. The standard InChI is InChI=1S/C18H26O3/c1-2-17(20)13-10-11-15-18(21)14-9-7-5-3-4-6-8-12-16-19/h2,9,14,17-21H,1,3-8,12,16H2/b14-9-. The maximum atomic E-state index is 9.54. The molecule has 0 spiro atoms. The second-order valence-electron chi connectivity index (χ2n) is 4.73. The number of aliphatic hydroxyl groups excluding tert-OH is 3. The van der Waals surface area contributed by atoms with Gasteiger partial charge in [-0.1, -0.05) is 56.3 Å². The molecule has 2 unspecified atom stereocenters. The lowest BCUT2D eigenvalue weighted by Gasteiger charge is -1.99. The Morgan fingerprint density at radius 3 is 2.05 bits per heavy atom. The third-order valence-corrected chi connectivity index (χ3v) is 2.82. The molecule has 0 heterocycles. The molecule has 0 saturated carbocycles. The molecular weight excluding hydrogens is 264 g/mol. The predicted molar refractivity (Wildman–Crippen MR) is 86.3 cm³/mol. The molecule has 0 aliphatic heterocycles. The molecule has 21 heavy (non-hydrogen) atoms. The summed E-state index contributed by atoms with van der Waals surface area (Å²) >= 11 is 0. The summed E-state index contributed by atoms with van der Waals surface area (Å²) < 4.78 is 0. The van der Waals surface area contributed by atoms with Gasteiger partial charge in [0.1, 0.15) is 12.2 Å². The lowest BCUT2D eigenvalue weighted by molar-refractivity contribution is 0.280. The minimum atomic E-state index is -0.871. The van der Waals surface area contributed by atoms with Crippen LogP contribution in [0.15, 0.2) is 24.8 Å². The maximum absolute atomic E-state index is 9.54. The summed E-state index contributed by atoms with van der Waals surface area (Å²) in [4.78, 5) is 0. The van der Waals surface area contributed by atoms with Gasteiger partial charge in [-0.2, -0.15) is 0 Å². The molecule has 0 aliphatic rings. The van der Waals surface area contributed by atoms with E-state index < -0.39 is 12.2 Å². The number of aliphatic hydroxyl groups is 3. The fourth-order valence-corrected chi connectivity index (χ4v) is 1.63. The summed E-state index contributed by atoms with van der Waals surface area (Å²) in [6.07, 6.45) is 10.8. The van der Waals surface area contributed by atoms with Crippen LogP contribution in [0.25, 0.3) is 0 Å². The predicted octanol–water partition coefficient (Wildman–Crippen LogP) is 2.18. The number of allylic oxidation sites excluding steroid dienone is 1. The van der Waals surface area contributed by atoms with Gasteiger partial charge in [-0.25, -0.2) is 0 Å². The van der Waals surface area contributed by atoms with Crippen LogP contribution in [0, 0.1) is 23.7 Å². The molecule has 3 N–H and O–H groups in total. The van der Waals surface area contributed by atoms with Crippen LogP contribution in [0.1, 0.15) is 44.9 Å². The molecule has 0 aliphatic carbocycles. The van der Waals surface area contributed by atoms with Crippen LogP contribution in [-0.4, -0.2) is 34.1 Å². The van der Waals surface area contributed by atoms with Crippen molar-refractivity contribution in [2.75, 3.05) is 6.61 Å². The van der Waals surface area contributed by atoms with E-state index in [-0.39, 0.29) is 0 Å². The highest BCUT2D eigenvalue weighted by molar-refractivity contribution is 5.31. The minimum Gasteiger partial charge on any atom is -0.396 e. The van der Waals surface area contributed by atoms with Gasteiger partial charge in [0.2, 0.25) is 0 Å². The van der Waals surface area contributed by atoms with Gasteiger partial charge in [0.15, 0.2) is 0 Å². The van der Waals surface area contributed by atoms with E-state index in [0.29, 0.717) is 6.61 Å². The Morgan fingerprint density at radius 2 is 1.43 bits per heavy atom. The third-order valence-electron chi connectivity index (χ3n) is 2.82. The first kappa shape index (κ1) is 19.5. The van der Waals surface area contributed by atoms with Gasteiger partial charge in [0.05, 0.1) is 0 Å². The van der Waals surface area contributed by atoms with Crippen LogP contribution in [0.5, 0.6) is 0 Å². The maximum Gasteiger partial charge on any atom is 0.134 e. The average Bonchev–Trinajstić information content (AvgIpc) is 2.49. The van der Waals surface area contributed by atoms with Crippen molar-refractivity contribution in [3.63, 3.8) is 0 Å². The molecule has 0 aromatic carbocycles. The SMILES string of the molecule is C=CC(O)C#CC#CC(O)/C=C\CCCCCCCCO. The first-order valence-corrected chi connectivity index (χ1v) is 7.48. The second-order valence-corrected chi connectivity index (χ2v) is 4.73. The zero-order chi connectivity index (χ0) is 15.8. The first-order valence-electron chi connectivity index (χ1n) is 7.48. The summed E-state index contributed by atoms with van der Waals surface area (Å²) in [7, 11) is 0. The number of rotatable bonds is 10. The largest absolute Gasteiger partial charge is 0.396 e. The highest BCUT2D eigenvalue weighted by Crippen LogP contribution is 2.07. The van der Waals surface area contributed by atoms with E-state index in [1.807, 2.05) is 6.08 Å². The topological polar surface area (TPSA) is 60.7 Å². The van der Waals surface area contributed by atoms with Crippen LogP contribution in [-0.2, 0) is 0 Å². The first-order chi connectivity index (χ1) is 10.2. The number of hydrogen-bond acceptors (Lipinski definition) is 3. The Kier molecular flexibility index (Phi) is 13.8. The Balaban J connectivity index is 3.66. The van der Waals surface area contributed by atoms with E-state index in [0.717, 1.165) is 25.7 Å². The third kappa shape index (κ3) is 14.7. The molecular formula is C18H26O3. The summed E-state index contributed by atoms with van der Waals surface area (Å²) in [5, 5.41) is 27.2. The molecule has 0 radical (unpaired) electrons. The smallest absolute Gasteiger partial charge is 0.134 e. The van der Waals surface area contributed by atoms with Crippen molar-refractivity contribution in [1.82, 2.24) is 0 Å². The molecule has 116 valence electrons. The van der Waals surface area contributed by atoms with Gasteiger partial charge in [0, 0.05) is 6.61 Å². The zero-order valence-corrected chi connectivity index (χ0v) is 12.6. The van der Waals surface area contributed by atoms with Crippen molar-refractivity contribution < 1.29 is 15.3 Å². The molecule has 0 saturated heterocycles. The molecule has 0 aromatic heterocycles. The summed E-state index contributed by atoms with van der Waals surface area (Å²) in [6.45, 7) is 3.68. The van der Waals surface area contributed by atoms with Crippen LogP contribution < -0.4 is 0 Å². The van der Waals surface area contributed by atoms with Crippen LogP contribution in [0.2, 0.25) is 0 Å². The van der Waals surface area contributed by atoms with Gasteiger partial charge < -0.3 is 15.3 Å². The van der Waals surface area contributed by atoms with E-state index in [9.17, 15) is 5.11 Å². The lowest BCUT2D eigenvalue weighted by atomic mass is 10.1. The van der Waals surface area contributed by atoms with E-state index in [1.165, 1.54) is 25.3 Å². The zero-order valence-electron chi connectivity index (χ0n) is 12.6. The van der Waals surface area contributed by atoms with Gasteiger partial charge in [-0.05, 0) is 37.2 Å². The van der Waals surface area contributed by atoms with Crippen molar-refractivity contribution in [2.24, 2.45) is 0 Å². The van der Waals surface area contributed by atoms with Crippen molar-refractivity contribution >= 4 is 0 Å². The monoisotopic (exact) mass is 290 g/mol. The van der Waals surface area contributed by atoms with Gasteiger partial charge in [-0.15, -0.1) is 0 Å². The quantitative estimate of drug-likeness (QED) is 0.328. The summed E-state index contributed by atoms with van der Waals surface area (Å²) in [5.41, 5.74) is 0. The van der Waals surface area contributed by atoms with Gasteiger partial charge in [-0.3, -0.25) is 0 Å². The van der Waals surface area contributed by atoms with Gasteiger partial charge >= 0.3 is 0 Å². The number of unbranched alkanes of at least 4 members (excludes halogenated alkanes) is 6. The van der Waals surface area contributed by atoms with Crippen molar-refractivity contribution in [1.29, 1.82) is 0 Å². The van der Waals surface area contributed by atoms with E-state index in [1.54, 1.807) is 6.08 Å². The van der Waals surface area contributed by atoms with Crippen molar-refractivity contribution in [3.8, 4) is 23.7 Å². The lowest BCUT2D eigenvalue weighted by Crippen LogP contribution is -1.97. The Morgan fingerprint density at radius 1 is 0.857 bits per heavy atom. The fraction of sp³-hybridized carbons (Fsp3) is 0.556. The molecule has 0 aromatic rings. The highest BCUT2D eigenvalue weighted by atomic mass is 16.3. The van der Waals surface area contributed by atoms with Crippen molar-refractivity contribution in [3.05, 3.63) is 24.8 Å². The molecule has 3 heteroatoms. The van der Waals surface area contributed by atoms with Gasteiger partial charge in [0.25, 0.3) is 0 Å². The van der Waals surface area contributed by atoms with Crippen molar-refractivity contribution in [2.45, 2.75) is 57.2 Å². The molecule has 0 rings (SSSR count). The van der Waals surface area contributed by atoms with E-state index in [2.05, 4.69) is 30.3 Å². The van der Waals surface area contributed by atoms with Crippen LogP contribution in [0.4, 0.5) is 0 Å². The molecule has 0 fully saturated rings. The van der Waals surface area contributed by atoms with E-state index >= 15 is 0 Å². The molecule has 2 atom stereocenters. The molecule has 0 amide bonds. The Bertz CT molecular complexity index is 404. The Hall–Kier alpha value is -1.52. The average molecular weight is 290 g/mol. The fourth-order valence-electron chi connectivity index (χ4n) is 1.63. The number of hydrogen-bond donors (Lipinski definition) is 3.